The number of carbonyl (C=O) groups excluding carboxylic acids is 2. The molecular formula is C11H16N2O2S2. The van der Waals surface area contributed by atoms with E-state index in [4.69, 9.17) is 0 Å². The van der Waals surface area contributed by atoms with Crippen LogP contribution in [0.25, 0.3) is 0 Å². The minimum Gasteiger partial charge on any atom is -0.350 e. The van der Waals surface area contributed by atoms with Gasteiger partial charge in [-0.1, -0.05) is 0 Å². The fourth-order valence-corrected chi connectivity index (χ4v) is 2.43. The highest BCUT2D eigenvalue weighted by molar-refractivity contribution is 7.80. The van der Waals surface area contributed by atoms with Gasteiger partial charge in [0, 0.05) is 19.2 Å². The van der Waals surface area contributed by atoms with E-state index in [-0.39, 0.29) is 17.6 Å². The van der Waals surface area contributed by atoms with Gasteiger partial charge in [-0.2, -0.15) is 24.0 Å². The highest BCUT2D eigenvalue weighted by Crippen LogP contribution is 2.12. The first-order valence-corrected chi connectivity index (χ1v) is 6.79. The highest BCUT2D eigenvalue weighted by atomic mass is 32.1. The summed E-state index contributed by atoms with van der Waals surface area (Å²) in [6.07, 6.45) is 0. The summed E-state index contributed by atoms with van der Waals surface area (Å²) in [5.41, 5.74) is 2.27. The Kier molecular flexibility index (Phi) is 5.50. The molecule has 0 aliphatic carbocycles. The molecule has 0 bridgehead atoms. The minimum atomic E-state index is -0.574. The Balaban J connectivity index is 2.48. The van der Waals surface area contributed by atoms with E-state index in [0.717, 1.165) is 11.1 Å². The fourth-order valence-electron chi connectivity index (χ4n) is 1.31. The van der Waals surface area contributed by atoms with Gasteiger partial charge in [0.25, 0.3) is 0 Å². The van der Waals surface area contributed by atoms with E-state index in [1.807, 2.05) is 17.7 Å². The first-order valence-electron chi connectivity index (χ1n) is 5.22. The van der Waals surface area contributed by atoms with Crippen LogP contribution in [0.3, 0.4) is 0 Å². The quantitative estimate of drug-likeness (QED) is 0.703. The number of thiol groups is 1. The normalized spacial score (nSPS) is 11.9. The van der Waals surface area contributed by atoms with Crippen molar-refractivity contribution >= 4 is 35.8 Å². The lowest BCUT2D eigenvalue weighted by Gasteiger charge is -2.15. The third kappa shape index (κ3) is 4.40. The number of rotatable bonds is 5. The maximum atomic E-state index is 11.7. The Hall–Kier alpha value is -1.01. The Morgan fingerprint density at radius 2 is 2.18 bits per heavy atom. The van der Waals surface area contributed by atoms with E-state index in [0.29, 0.717) is 6.54 Å². The van der Waals surface area contributed by atoms with Gasteiger partial charge in [0.2, 0.25) is 11.8 Å². The van der Waals surface area contributed by atoms with E-state index in [1.165, 1.54) is 6.92 Å². The molecule has 0 saturated heterocycles. The van der Waals surface area contributed by atoms with Gasteiger partial charge in [0.1, 0.15) is 6.04 Å². The number of hydrogen-bond donors (Lipinski definition) is 3. The zero-order valence-corrected chi connectivity index (χ0v) is 11.5. The summed E-state index contributed by atoms with van der Waals surface area (Å²) in [5, 5.41) is 9.37. The van der Waals surface area contributed by atoms with Crippen molar-refractivity contribution in [3.05, 3.63) is 21.9 Å². The summed E-state index contributed by atoms with van der Waals surface area (Å²) < 4.78 is 0. The van der Waals surface area contributed by atoms with Crippen LogP contribution in [-0.2, 0) is 16.1 Å². The summed E-state index contributed by atoms with van der Waals surface area (Å²) in [6.45, 7) is 3.87. The Morgan fingerprint density at radius 3 is 2.65 bits per heavy atom. The summed E-state index contributed by atoms with van der Waals surface area (Å²) >= 11 is 5.65. The average molecular weight is 272 g/mol. The molecule has 17 heavy (non-hydrogen) atoms. The van der Waals surface area contributed by atoms with Gasteiger partial charge in [0.05, 0.1) is 0 Å². The smallest absolute Gasteiger partial charge is 0.243 e. The first-order chi connectivity index (χ1) is 8.04. The van der Waals surface area contributed by atoms with Crippen LogP contribution in [0, 0.1) is 6.92 Å². The van der Waals surface area contributed by atoms with E-state index in [9.17, 15) is 9.59 Å². The van der Waals surface area contributed by atoms with Crippen LogP contribution >= 0.6 is 24.0 Å². The van der Waals surface area contributed by atoms with E-state index >= 15 is 0 Å². The first kappa shape index (κ1) is 14.1. The minimum absolute atomic E-state index is 0.208. The summed E-state index contributed by atoms with van der Waals surface area (Å²) in [7, 11) is 0. The lowest BCUT2D eigenvalue weighted by molar-refractivity contribution is -0.127. The predicted molar refractivity (Wildman–Crippen MR) is 72.4 cm³/mol. The van der Waals surface area contributed by atoms with Crippen LogP contribution in [-0.4, -0.2) is 23.6 Å². The van der Waals surface area contributed by atoms with Gasteiger partial charge in [-0.15, -0.1) is 0 Å². The van der Waals surface area contributed by atoms with Crippen LogP contribution in [0.15, 0.2) is 10.8 Å². The molecule has 1 atom stereocenters. The lowest BCUT2D eigenvalue weighted by atomic mass is 10.2. The average Bonchev–Trinajstić information content (AvgIpc) is 2.68. The van der Waals surface area contributed by atoms with Gasteiger partial charge >= 0.3 is 0 Å². The molecule has 1 aromatic heterocycles. The Bertz CT molecular complexity index is 404. The second kappa shape index (κ2) is 6.66. The van der Waals surface area contributed by atoms with Gasteiger partial charge in [0.15, 0.2) is 0 Å². The topological polar surface area (TPSA) is 58.2 Å². The van der Waals surface area contributed by atoms with Crippen molar-refractivity contribution < 1.29 is 9.59 Å². The summed E-state index contributed by atoms with van der Waals surface area (Å²) in [4.78, 5) is 22.6. The third-order valence-corrected chi connectivity index (χ3v) is 3.57. The van der Waals surface area contributed by atoms with E-state index in [2.05, 4.69) is 23.3 Å². The van der Waals surface area contributed by atoms with Crippen molar-refractivity contribution in [3.8, 4) is 0 Å². The van der Waals surface area contributed by atoms with Crippen molar-refractivity contribution in [2.24, 2.45) is 0 Å². The largest absolute Gasteiger partial charge is 0.350 e. The lowest BCUT2D eigenvalue weighted by Crippen LogP contribution is -2.47. The molecule has 0 spiro atoms. The molecule has 6 heteroatoms. The van der Waals surface area contributed by atoms with Crippen molar-refractivity contribution in [3.63, 3.8) is 0 Å². The van der Waals surface area contributed by atoms with Crippen LogP contribution in [0.4, 0.5) is 0 Å². The SMILES string of the molecule is CC(=O)NC(CS)C(=O)NCc1cscc1C. The third-order valence-electron chi connectivity index (χ3n) is 2.29. The molecule has 0 saturated carbocycles. The molecule has 4 nitrogen and oxygen atoms in total. The number of carbonyl (C=O) groups is 2. The maximum absolute atomic E-state index is 11.7. The van der Waals surface area contributed by atoms with Gasteiger partial charge in [-0.3, -0.25) is 9.59 Å². The van der Waals surface area contributed by atoms with Crippen LogP contribution in [0.1, 0.15) is 18.1 Å². The second-order valence-electron chi connectivity index (χ2n) is 3.73. The molecule has 1 rings (SSSR count). The molecule has 1 heterocycles. The number of thiophene rings is 1. The molecule has 0 aromatic carbocycles. The molecule has 0 aliphatic heterocycles. The van der Waals surface area contributed by atoms with Crippen molar-refractivity contribution in [2.75, 3.05) is 5.75 Å². The number of hydrogen-bond acceptors (Lipinski definition) is 4. The highest BCUT2D eigenvalue weighted by Gasteiger charge is 2.17. The molecule has 1 aromatic rings. The molecule has 2 N–H and O–H groups in total. The molecule has 1 unspecified atom stereocenters. The Morgan fingerprint density at radius 1 is 1.47 bits per heavy atom. The standard InChI is InChI=1S/C11H16N2O2S2/c1-7-5-17-6-9(7)3-12-11(15)10(4-16)13-8(2)14/h5-6,10,16H,3-4H2,1-2H3,(H,12,15)(H,13,14). The molecule has 2 amide bonds. The van der Waals surface area contributed by atoms with E-state index in [1.54, 1.807) is 11.3 Å². The number of amides is 2. The molecule has 0 aliphatic rings. The maximum Gasteiger partial charge on any atom is 0.243 e. The van der Waals surface area contributed by atoms with Crippen molar-refractivity contribution in [1.29, 1.82) is 0 Å². The predicted octanol–water partition coefficient (Wildman–Crippen LogP) is 1.11. The second-order valence-corrected chi connectivity index (χ2v) is 4.84. The summed E-state index contributed by atoms with van der Waals surface area (Å²) in [6, 6.07) is -0.574. The van der Waals surface area contributed by atoms with Crippen LogP contribution in [0.5, 0.6) is 0 Å². The monoisotopic (exact) mass is 272 g/mol. The zero-order chi connectivity index (χ0) is 12.8. The number of nitrogens with one attached hydrogen (secondary N) is 2. The van der Waals surface area contributed by atoms with Crippen molar-refractivity contribution in [2.45, 2.75) is 26.4 Å². The molecule has 0 radical (unpaired) electrons. The van der Waals surface area contributed by atoms with Gasteiger partial charge in [-0.25, -0.2) is 0 Å². The summed E-state index contributed by atoms with van der Waals surface area (Å²) in [5.74, 6) is -0.152. The van der Waals surface area contributed by atoms with Crippen molar-refractivity contribution in [1.82, 2.24) is 10.6 Å². The number of aryl methyl sites for hydroxylation is 1. The molecular weight excluding hydrogens is 256 g/mol. The van der Waals surface area contributed by atoms with Crippen LogP contribution in [0.2, 0.25) is 0 Å². The fraction of sp³-hybridized carbons (Fsp3) is 0.455. The molecule has 94 valence electrons. The van der Waals surface area contributed by atoms with Gasteiger partial charge < -0.3 is 10.6 Å². The molecule has 0 fully saturated rings. The van der Waals surface area contributed by atoms with Gasteiger partial charge in [-0.05, 0) is 28.8 Å². The van der Waals surface area contributed by atoms with E-state index < -0.39 is 6.04 Å². The zero-order valence-electron chi connectivity index (χ0n) is 9.82. The Labute approximate surface area is 110 Å². The van der Waals surface area contributed by atoms with Crippen LogP contribution < -0.4 is 10.6 Å².